The van der Waals surface area contributed by atoms with E-state index < -0.39 is 0 Å². The van der Waals surface area contributed by atoms with E-state index in [-0.39, 0.29) is 5.41 Å². The summed E-state index contributed by atoms with van der Waals surface area (Å²) in [4.78, 5) is 0. The smallest absolute Gasteiger partial charge is 0.112 e. The minimum atomic E-state index is 0.0830. The summed E-state index contributed by atoms with van der Waals surface area (Å²) in [5, 5.41) is 2.22. The number of aromatic nitrogens is 2. The molecule has 1 aliphatic rings. The van der Waals surface area contributed by atoms with Crippen LogP contribution in [0.2, 0.25) is 0 Å². The molecule has 0 atom stereocenters. The van der Waals surface area contributed by atoms with Crippen LogP contribution in [0.25, 0.3) is 33.3 Å². The van der Waals surface area contributed by atoms with Crippen LogP contribution in [-0.2, 0) is 5.41 Å². The van der Waals surface area contributed by atoms with Crippen LogP contribution in [0.1, 0.15) is 86.5 Å². The van der Waals surface area contributed by atoms with E-state index in [1.807, 2.05) is 0 Å². The van der Waals surface area contributed by atoms with E-state index in [2.05, 4.69) is 98.6 Å². The van der Waals surface area contributed by atoms with Crippen LogP contribution in [-0.4, -0.2) is 19.4 Å². The molecule has 2 nitrogen and oxygen atoms in total. The first kappa shape index (κ1) is 28.0. The van der Waals surface area contributed by atoms with Crippen molar-refractivity contribution in [2.45, 2.75) is 83.5 Å². The zero-order valence-electron chi connectivity index (χ0n) is 22.7. The van der Waals surface area contributed by atoms with Crippen LogP contribution in [0.5, 0.6) is 0 Å². The zero-order valence-corrected chi connectivity index (χ0v) is 26.7. The minimum Gasteiger partial charge on any atom is -0.173 e. The van der Waals surface area contributed by atoms with Crippen LogP contribution in [0.4, 0.5) is 0 Å². The van der Waals surface area contributed by atoms with Crippen LogP contribution >= 0.6 is 43.6 Å². The molecule has 1 aromatic heterocycles. The number of halogens is 2. The molecule has 3 aromatic carbocycles. The maximum Gasteiger partial charge on any atom is 0.112 e. The van der Waals surface area contributed by atoms with Gasteiger partial charge in [-0.2, -0.15) is 8.75 Å². The van der Waals surface area contributed by atoms with Gasteiger partial charge < -0.3 is 0 Å². The molecule has 1 aliphatic carbocycles. The summed E-state index contributed by atoms with van der Waals surface area (Å²) in [7, 11) is 0. The van der Waals surface area contributed by atoms with Crippen molar-refractivity contribution in [2.75, 3.05) is 10.7 Å². The van der Waals surface area contributed by atoms with Crippen LogP contribution in [0, 0.1) is 13.8 Å². The summed E-state index contributed by atoms with van der Waals surface area (Å²) in [5.41, 5.74) is 13.2. The fourth-order valence-corrected chi connectivity index (χ4v) is 7.83. The maximum absolute atomic E-state index is 4.72. The first-order valence-corrected chi connectivity index (χ1v) is 17.2. The first-order chi connectivity index (χ1) is 18.6. The van der Waals surface area contributed by atoms with Gasteiger partial charge in [0, 0.05) is 21.6 Å². The lowest BCUT2D eigenvalue weighted by Crippen LogP contribution is -2.25. The number of hydrogen-bond donors (Lipinski definition) is 0. The number of nitrogens with zero attached hydrogens (tertiary/aromatic N) is 2. The second-order valence-corrected chi connectivity index (χ2v) is 13.1. The van der Waals surface area contributed by atoms with Crippen molar-refractivity contribution in [1.82, 2.24) is 8.75 Å². The molecule has 0 amide bonds. The number of unbranched alkanes of at least 4 members (excludes halogenated alkanes) is 6. The molecule has 5 rings (SSSR count). The highest BCUT2D eigenvalue weighted by Gasteiger charge is 2.42. The van der Waals surface area contributed by atoms with Gasteiger partial charge in [-0.15, -0.1) is 0 Å². The lowest BCUT2D eigenvalue weighted by atomic mass is 9.70. The van der Waals surface area contributed by atoms with Gasteiger partial charge in [0.25, 0.3) is 0 Å². The van der Waals surface area contributed by atoms with E-state index in [4.69, 9.17) is 4.37 Å². The third-order valence-electron chi connectivity index (χ3n) is 8.42. The van der Waals surface area contributed by atoms with E-state index >= 15 is 0 Å². The Balaban J connectivity index is 1.59. The fraction of sp³-hybridized carbons (Fsp3) is 0.455. The van der Waals surface area contributed by atoms with Gasteiger partial charge in [0.1, 0.15) is 11.0 Å². The Kier molecular flexibility index (Phi) is 9.38. The summed E-state index contributed by atoms with van der Waals surface area (Å²) in [6, 6.07) is 18.8. The van der Waals surface area contributed by atoms with Gasteiger partial charge in [-0.05, 0) is 79.0 Å². The third-order valence-corrected chi connectivity index (χ3v) is 10.1. The standard InChI is InChI=1S/C33H38Br2N2S/c1-23-11-14-27-28-16-13-25(26-15-12-24(2)31-32(26)37-38-36-31)22-30(28)33(29(27)21-23,17-7-3-5-9-19-34)18-8-4-6-10-20-35/h11-16,21-22H,3-10,17-20H2,1-2H3. The summed E-state index contributed by atoms with van der Waals surface area (Å²) in [6.45, 7) is 4.38. The van der Waals surface area contributed by atoms with Gasteiger partial charge in [-0.3, -0.25) is 0 Å². The average molecular weight is 655 g/mol. The molecule has 0 spiro atoms. The van der Waals surface area contributed by atoms with Crippen molar-refractivity contribution in [3.63, 3.8) is 0 Å². The molecule has 38 heavy (non-hydrogen) atoms. The summed E-state index contributed by atoms with van der Waals surface area (Å²) < 4.78 is 9.32. The van der Waals surface area contributed by atoms with Gasteiger partial charge in [0.15, 0.2) is 0 Å². The maximum atomic E-state index is 4.72. The molecule has 1 heterocycles. The van der Waals surface area contributed by atoms with Crippen molar-refractivity contribution < 1.29 is 0 Å². The predicted molar refractivity (Wildman–Crippen MR) is 172 cm³/mol. The lowest BCUT2D eigenvalue weighted by Gasteiger charge is -2.33. The highest BCUT2D eigenvalue weighted by Crippen LogP contribution is 2.55. The van der Waals surface area contributed by atoms with Gasteiger partial charge in [-0.25, -0.2) is 0 Å². The van der Waals surface area contributed by atoms with Gasteiger partial charge >= 0.3 is 0 Å². The predicted octanol–water partition coefficient (Wildman–Crippen LogP) is 10.9. The van der Waals surface area contributed by atoms with Crippen LogP contribution in [0.3, 0.4) is 0 Å². The Morgan fingerprint density at radius 3 is 1.89 bits per heavy atom. The Morgan fingerprint density at radius 1 is 0.632 bits per heavy atom. The molecule has 0 radical (unpaired) electrons. The van der Waals surface area contributed by atoms with Crippen LogP contribution < -0.4 is 0 Å². The minimum absolute atomic E-state index is 0.0830. The van der Waals surface area contributed by atoms with E-state index in [1.54, 1.807) is 5.56 Å². The highest BCUT2D eigenvalue weighted by molar-refractivity contribution is 9.09. The van der Waals surface area contributed by atoms with Crippen molar-refractivity contribution >= 4 is 54.6 Å². The topological polar surface area (TPSA) is 25.8 Å². The fourth-order valence-electron chi connectivity index (χ4n) is 6.41. The molecular weight excluding hydrogens is 616 g/mol. The normalized spacial score (nSPS) is 13.7. The molecule has 0 N–H and O–H groups in total. The number of hydrogen-bond acceptors (Lipinski definition) is 3. The average Bonchev–Trinajstić information content (AvgIpc) is 3.51. The summed E-state index contributed by atoms with van der Waals surface area (Å²) in [5.74, 6) is 0. The lowest BCUT2D eigenvalue weighted by molar-refractivity contribution is 0.401. The number of fused-ring (bicyclic) bond motifs is 4. The van der Waals surface area contributed by atoms with E-state index in [9.17, 15) is 0 Å². The molecule has 0 saturated carbocycles. The number of benzene rings is 3. The largest absolute Gasteiger partial charge is 0.173 e. The molecule has 0 unspecified atom stereocenters. The van der Waals surface area contributed by atoms with E-state index in [0.29, 0.717) is 0 Å². The third kappa shape index (κ3) is 5.53. The van der Waals surface area contributed by atoms with E-state index in [0.717, 1.165) is 21.7 Å². The van der Waals surface area contributed by atoms with Crippen molar-refractivity contribution in [2.24, 2.45) is 0 Å². The van der Waals surface area contributed by atoms with Crippen molar-refractivity contribution in [1.29, 1.82) is 0 Å². The SMILES string of the molecule is Cc1ccc2c(c1)C(CCCCCCBr)(CCCCCCBr)c1cc(-c3ccc(C)c4nsnc34)ccc1-2. The van der Waals surface area contributed by atoms with Crippen LogP contribution in [0.15, 0.2) is 48.5 Å². The second-order valence-electron chi connectivity index (χ2n) is 11.0. The summed E-state index contributed by atoms with van der Waals surface area (Å²) in [6.07, 6.45) is 12.7. The van der Waals surface area contributed by atoms with Crippen molar-refractivity contribution in [3.8, 4) is 22.3 Å². The number of rotatable bonds is 13. The van der Waals surface area contributed by atoms with Gasteiger partial charge in [-0.1, -0.05) is 118 Å². The monoisotopic (exact) mass is 652 g/mol. The number of aryl methyl sites for hydroxylation is 2. The number of alkyl halides is 2. The Labute approximate surface area is 249 Å². The molecule has 0 saturated heterocycles. The zero-order chi connectivity index (χ0) is 26.5. The van der Waals surface area contributed by atoms with Crippen molar-refractivity contribution in [3.05, 3.63) is 70.8 Å². The first-order valence-electron chi connectivity index (χ1n) is 14.2. The van der Waals surface area contributed by atoms with Gasteiger partial charge in [0.05, 0.1) is 11.7 Å². The quantitative estimate of drug-likeness (QED) is 0.106. The van der Waals surface area contributed by atoms with Gasteiger partial charge in [0.2, 0.25) is 0 Å². The molecule has 200 valence electrons. The second kappa shape index (κ2) is 12.7. The van der Waals surface area contributed by atoms with E-state index in [1.165, 1.54) is 115 Å². The highest BCUT2D eigenvalue weighted by atomic mass is 79.9. The molecule has 5 heteroatoms. The molecule has 4 aromatic rings. The molecule has 0 fully saturated rings. The Hall–Kier alpha value is -1.56. The molecule has 0 aliphatic heterocycles. The Bertz CT molecular complexity index is 1380. The Morgan fingerprint density at radius 2 is 1.21 bits per heavy atom. The molecular formula is C33H38Br2N2S. The summed E-state index contributed by atoms with van der Waals surface area (Å²) >= 11 is 8.56. The molecule has 0 bridgehead atoms.